The normalized spacial score (nSPS) is 18.2. The molecule has 1 unspecified atom stereocenters. The zero-order valence-corrected chi connectivity index (χ0v) is 12.0. The fourth-order valence-electron chi connectivity index (χ4n) is 2.65. The average Bonchev–Trinajstić information content (AvgIpc) is 2.55. The number of hydrogen-bond acceptors (Lipinski definition) is 4. The molecular weight excluding hydrogens is 282 g/mol. The van der Waals surface area contributed by atoms with E-state index in [1.165, 1.54) is 18.2 Å². The lowest BCUT2D eigenvalue weighted by molar-refractivity contribution is -0.00283. The van der Waals surface area contributed by atoms with Crippen LogP contribution < -0.4 is 0 Å². The zero-order chi connectivity index (χ0) is 15.5. The molecular formula is C17H17NO4. The van der Waals surface area contributed by atoms with E-state index in [1.807, 2.05) is 30.3 Å². The third kappa shape index (κ3) is 2.76. The summed E-state index contributed by atoms with van der Waals surface area (Å²) >= 11 is 0. The van der Waals surface area contributed by atoms with Crippen LogP contribution in [0.3, 0.4) is 0 Å². The van der Waals surface area contributed by atoms with E-state index in [-0.39, 0.29) is 29.0 Å². The Morgan fingerprint density at radius 3 is 2.64 bits per heavy atom. The van der Waals surface area contributed by atoms with Crippen LogP contribution in [0.5, 0.6) is 11.5 Å². The van der Waals surface area contributed by atoms with Gasteiger partial charge in [-0.1, -0.05) is 30.3 Å². The van der Waals surface area contributed by atoms with Crippen molar-refractivity contribution in [3.05, 3.63) is 59.7 Å². The SMILES string of the molecule is O=C(c1ccc(O)cc1O)N1CCOCC1c1ccccc1. The number of phenolic OH excluding ortho intramolecular Hbond substituents is 2. The third-order valence-electron chi connectivity index (χ3n) is 3.79. The molecule has 0 aromatic heterocycles. The number of carbonyl (C=O) groups excluding carboxylic acids is 1. The number of benzene rings is 2. The molecule has 0 bridgehead atoms. The van der Waals surface area contributed by atoms with E-state index in [2.05, 4.69) is 0 Å². The number of phenols is 2. The van der Waals surface area contributed by atoms with Crippen LogP contribution in [0.25, 0.3) is 0 Å². The Morgan fingerprint density at radius 2 is 1.91 bits per heavy atom. The fraction of sp³-hybridized carbons (Fsp3) is 0.235. The molecule has 0 radical (unpaired) electrons. The van der Waals surface area contributed by atoms with Gasteiger partial charge in [0.2, 0.25) is 0 Å². The van der Waals surface area contributed by atoms with Gasteiger partial charge in [0.05, 0.1) is 24.8 Å². The summed E-state index contributed by atoms with van der Waals surface area (Å²) < 4.78 is 5.51. The molecule has 2 aromatic rings. The number of rotatable bonds is 2. The van der Waals surface area contributed by atoms with Crippen molar-refractivity contribution >= 4 is 5.91 Å². The molecule has 1 amide bonds. The maximum atomic E-state index is 12.7. The molecule has 0 spiro atoms. The van der Waals surface area contributed by atoms with Gasteiger partial charge in [0.1, 0.15) is 11.5 Å². The highest BCUT2D eigenvalue weighted by Crippen LogP contribution is 2.29. The number of morpholine rings is 1. The van der Waals surface area contributed by atoms with Crippen LogP contribution in [0.2, 0.25) is 0 Å². The molecule has 1 saturated heterocycles. The summed E-state index contributed by atoms with van der Waals surface area (Å²) in [5.41, 5.74) is 1.18. The highest BCUT2D eigenvalue weighted by Gasteiger charge is 2.30. The number of carbonyl (C=O) groups is 1. The molecule has 5 nitrogen and oxygen atoms in total. The molecule has 114 valence electrons. The van der Waals surface area contributed by atoms with Crippen LogP contribution in [-0.4, -0.2) is 40.8 Å². The summed E-state index contributed by atoms with van der Waals surface area (Å²) in [7, 11) is 0. The van der Waals surface area contributed by atoms with Gasteiger partial charge >= 0.3 is 0 Å². The van der Waals surface area contributed by atoms with Gasteiger partial charge in [0.15, 0.2) is 0 Å². The third-order valence-corrected chi connectivity index (χ3v) is 3.79. The number of aromatic hydroxyl groups is 2. The molecule has 2 aromatic carbocycles. The Morgan fingerprint density at radius 1 is 1.14 bits per heavy atom. The summed E-state index contributed by atoms with van der Waals surface area (Å²) in [5, 5.41) is 19.3. The molecule has 1 heterocycles. The van der Waals surface area contributed by atoms with Crippen molar-refractivity contribution in [1.82, 2.24) is 4.90 Å². The topological polar surface area (TPSA) is 70.0 Å². The second-order valence-corrected chi connectivity index (χ2v) is 5.20. The highest BCUT2D eigenvalue weighted by atomic mass is 16.5. The number of ether oxygens (including phenoxy) is 1. The Balaban J connectivity index is 1.92. The molecule has 0 saturated carbocycles. The van der Waals surface area contributed by atoms with Gasteiger partial charge in [-0.3, -0.25) is 4.79 Å². The van der Waals surface area contributed by atoms with Crippen LogP contribution in [0.1, 0.15) is 22.0 Å². The van der Waals surface area contributed by atoms with Gasteiger partial charge in [-0.25, -0.2) is 0 Å². The molecule has 1 aliphatic heterocycles. The Hall–Kier alpha value is -2.53. The second-order valence-electron chi connectivity index (χ2n) is 5.20. The maximum Gasteiger partial charge on any atom is 0.258 e. The second kappa shape index (κ2) is 6.07. The van der Waals surface area contributed by atoms with Gasteiger partial charge in [-0.05, 0) is 17.7 Å². The lowest BCUT2D eigenvalue weighted by Gasteiger charge is -2.36. The molecule has 1 atom stereocenters. The van der Waals surface area contributed by atoms with Crippen molar-refractivity contribution in [2.45, 2.75) is 6.04 Å². The first-order valence-electron chi connectivity index (χ1n) is 7.12. The predicted octanol–water partition coefficient (Wildman–Crippen LogP) is 2.31. The Labute approximate surface area is 128 Å². The largest absolute Gasteiger partial charge is 0.508 e. The van der Waals surface area contributed by atoms with Crippen LogP contribution in [0, 0.1) is 0 Å². The Kier molecular flexibility index (Phi) is 3.98. The van der Waals surface area contributed by atoms with Crippen LogP contribution in [-0.2, 0) is 4.74 Å². The van der Waals surface area contributed by atoms with Crippen molar-refractivity contribution in [2.24, 2.45) is 0 Å². The average molecular weight is 299 g/mol. The smallest absolute Gasteiger partial charge is 0.258 e. The monoisotopic (exact) mass is 299 g/mol. The summed E-state index contributed by atoms with van der Waals surface area (Å²) in [4.78, 5) is 14.4. The number of nitrogens with zero attached hydrogens (tertiary/aromatic N) is 1. The van der Waals surface area contributed by atoms with Gasteiger partial charge in [0.25, 0.3) is 5.91 Å². The minimum Gasteiger partial charge on any atom is -0.508 e. The van der Waals surface area contributed by atoms with Crippen molar-refractivity contribution < 1.29 is 19.7 Å². The number of hydrogen-bond donors (Lipinski definition) is 2. The van der Waals surface area contributed by atoms with Crippen LogP contribution >= 0.6 is 0 Å². The predicted molar refractivity (Wildman–Crippen MR) is 80.8 cm³/mol. The molecule has 3 rings (SSSR count). The van der Waals surface area contributed by atoms with Gasteiger partial charge in [0, 0.05) is 12.6 Å². The quantitative estimate of drug-likeness (QED) is 0.893. The lowest BCUT2D eigenvalue weighted by Crippen LogP contribution is -2.43. The van der Waals surface area contributed by atoms with Crippen molar-refractivity contribution in [3.8, 4) is 11.5 Å². The van der Waals surface area contributed by atoms with E-state index < -0.39 is 0 Å². The summed E-state index contributed by atoms with van der Waals surface area (Å²) in [6.07, 6.45) is 0. The molecule has 1 fully saturated rings. The molecule has 0 aliphatic carbocycles. The standard InChI is InChI=1S/C17H17NO4/c19-13-6-7-14(16(20)10-13)17(21)18-8-9-22-11-15(18)12-4-2-1-3-5-12/h1-7,10,15,19-20H,8-9,11H2. The van der Waals surface area contributed by atoms with Crippen molar-refractivity contribution in [2.75, 3.05) is 19.8 Å². The van der Waals surface area contributed by atoms with Gasteiger partial charge in [-0.2, -0.15) is 0 Å². The van der Waals surface area contributed by atoms with Crippen molar-refractivity contribution in [3.63, 3.8) is 0 Å². The minimum atomic E-state index is -0.269. The van der Waals surface area contributed by atoms with E-state index in [0.717, 1.165) is 5.56 Å². The van der Waals surface area contributed by atoms with Crippen LogP contribution in [0.15, 0.2) is 48.5 Å². The van der Waals surface area contributed by atoms with E-state index in [4.69, 9.17) is 4.74 Å². The Bertz CT molecular complexity index is 672. The van der Waals surface area contributed by atoms with E-state index >= 15 is 0 Å². The molecule has 22 heavy (non-hydrogen) atoms. The first-order chi connectivity index (χ1) is 10.7. The molecule has 1 aliphatic rings. The van der Waals surface area contributed by atoms with Gasteiger partial charge < -0.3 is 19.8 Å². The first-order valence-corrected chi connectivity index (χ1v) is 7.12. The van der Waals surface area contributed by atoms with E-state index in [9.17, 15) is 15.0 Å². The van der Waals surface area contributed by atoms with E-state index in [1.54, 1.807) is 4.90 Å². The van der Waals surface area contributed by atoms with Crippen LogP contribution in [0.4, 0.5) is 0 Å². The van der Waals surface area contributed by atoms with E-state index in [0.29, 0.717) is 19.8 Å². The lowest BCUT2D eigenvalue weighted by atomic mass is 10.0. The minimum absolute atomic E-state index is 0.0735. The fourth-order valence-corrected chi connectivity index (χ4v) is 2.65. The maximum absolute atomic E-state index is 12.7. The highest BCUT2D eigenvalue weighted by molar-refractivity contribution is 5.97. The first kappa shape index (κ1) is 14.4. The molecule has 2 N–H and O–H groups in total. The van der Waals surface area contributed by atoms with Gasteiger partial charge in [-0.15, -0.1) is 0 Å². The molecule has 5 heteroatoms. The van der Waals surface area contributed by atoms with Crippen molar-refractivity contribution in [1.29, 1.82) is 0 Å². The summed E-state index contributed by atoms with van der Waals surface area (Å²) in [5.74, 6) is -0.561. The summed E-state index contributed by atoms with van der Waals surface area (Å²) in [6.45, 7) is 1.35. The summed E-state index contributed by atoms with van der Waals surface area (Å²) in [6, 6.07) is 13.5. The number of amides is 1. The zero-order valence-electron chi connectivity index (χ0n) is 12.0.